The Morgan fingerprint density at radius 3 is 2.34 bits per heavy atom. The van der Waals surface area contributed by atoms with Gasteiger partial charge in [-0.3, -0.25) is 9.11 Å². The maximum absolute atomic E-state index is 11.4. The summed E-state index contributed by atoms with van der Waals surface area (Å²) in [5, 5.41) is 4.81. The maximum Gasteiger partial charge on any atom is 0.294 e. The lowest BCUT2D eigenvalue weighted by atomic mass is 10.3. The van der Waals surface area contributed by atoms with Crippen LogP contribution in [0, 0.1) is 0 Å². The Bertz CT molecular complexity index is 1390. The number of nitrogens with one attached hydrogen (secondary N) is 1. The molecule has 3 aromatic rings. The highest BCUT2D eigenvalue weighted by Gasteiger charge is 2.24. The summed E-state index contributed by atoms with van der Waals surface area (Å²) < 4.78 is 66.7. The molecule has 0 aliphatic carbocycles. The summed E-state index contributed by atoms with van der Waals surface area (Å²) >= 11 is 2.70. The van der Waals surface area contributed by atoms with Crippen molar-refractivity contribution in [1.29, 1.82) is 0 Å². The van der Waals surface area contributed by atoms with Crippen LogP contribution >= 0.6 is 23.1 Å². The van der Waals surface area contributed by atoms with E-state index >= 15 is 0 Å². The Hall–Kier alpha value is -1.96. The molecule has 3 N–H and O–H groups in total. The minimum atomic E-state index is -4.28. The lowest BCUT2D eigenvalue weighted by Crippen LogP contribution is -2.33. The smallest absolute Gasteiger partial charge is 0.294 e. The van der Waals surface area contributed by atoms with E-state index in [2.05, 4.69) is 5.32 Å². The molecule has 1 aromatic heterocycles. The molecule has 0 fully saturated rings. The van der Waals surface area contributed by atoms with Crippen LogP contribution in [0.15, 0.2) is 56.1 Å². The molecule has 29 heavy (non-hydrogen) atoms. The number of hydrogen-bond donors (Lipinski definition) is 3. The molecule has 2 aromatic carbocycles. The Balaban J connectivity index is 1.74. The average Bonchev–Trinajstić information content (AvgIpc) is 3.18. The molecule has 8 nitrogen and oxygen atoms in total. The van der Waals surface area contributed by atoms with Gasteiger partial charge >= 0.3 is 0 Å². The minimum Gasteiger partial charge on any atom is -0.349 e. The average molecular weight is 472 g/mol. The van der Waals surface area contributed by atoms with Gasteiger partial charge in [-0.2, -0.15) is 21.4 Å². The van der Waals surface area contributed by atoms with Crippen LogP contribution in [0.4, 0.5) is 5.69 Å². The number of thioether (sulfide) groups is 1. The molecule has 152 valence electrons. The van der Waals surface area contributed by atoms with Crippen molar-refractivity contribution >= 4 is 65.3 Å². The van der Waals surface area contributed by atoms with Crippen LogP contribution in [0.5, 0.6) is 0 Å². The van der Waals surface area contributed by atoms with Crippen molar-refractivity contribution in [3.05, 3.63) is 46.4 Å². The second-order valence-electron chi connectivity index (χ2n) is 6.16. The molecule has 0 bridgehead atoms. The molecule has 1 aliphatic rings. The first-order valence-electron chi connectivity index (χ1n) is 8.28. The standard InChI is InChI=1S/C17H14N2O6S4/c1-2-19-13-6-4-11(29(23,24)25)8-15(13)27-17(19)9-16-18-12-5-3-10(28(20,21)22)7-14(12)26-16/h3-9H,2H2,1H3,(H2,20,21,22,23,24,25)/p+1. The third-order valence-corrected chi connectivity index (χ3v) is 8.09. The predicted octanol–water partition coefficient (Wildman–Crippen LogP) is 3.22. The van der Waals surface area contributed by atoms with Crippen molar-refractivity contribution < 1.29 is 30.5 Å². The number of aromatic nitrogens is 1. The first kappa shape index (κ1) is 20.3. The fourth-order valence-corrected chi connectivity index (χ4v) is 6.41. The van der Waals surface area contributed by atoms with E-state index in [1.807, 2.05) is 17.6 Å². The number of aryl methyl sites for hydroxylation is 1. The van der Waals surface area contributed by atoms with Crippen molar-refractivity contribution in [2.45, 2.75) is 28.2 Å². The first-order chi connectivity index (χ1) is 13.6. The van der Waals surface area contributed by atoms with Gasteiger partial charge in [0.05, 0.1) is 26.6 Å². The van der Waals surface area contributed by atoms with Gasteiger partial charge in [-0.25, -0.2) is 0 Å². The number of benzene rings is 2. The molecule has 4 rings (SSSR count). The van der Waals surface area contributed by atoms with Crippen LogP contribution in [0.25, 0.3) is 16.3 Å². The minimum absolute atomic E-state index is 0.160. The van der Waals surface area contributed by atoms with E-state index in [9.17, 15) is 25.9 Å². The number of thiazole rings is 1. The van der Waals surface area contributed by atoms with Gasteiger partial charge in [-0.1, -0.05) is 23.1 Å². The normalized spacial score (nSPS) is 15.6. The summed E-state index contributed by atoms with van der Waals surface area (Å²) in [6.07, 6.45) is 1.89. The van der Waals surface area contributed by atoms with Gasteiger partial charge in [-0.15, -0.1) is 0 Å². The van der Waals surface area contributed by atoms with Crippen molar-refractivity contribution in [2.24, 2.45) is 0 Å². The van der Waals surface area contributed by atoms with Crippen LogP contribution in [0.2, 0.25) is 0 Å². The second kappa shape index (κ2) is 7.07. The Labute approximate surface area is 175 Å². The molecule has 0 radical (unpaired) electrons. The third kappa shape index (κ3) is 3.91. The molecular formula is C17H15N2O6S4+. The number of anilines is 1. The molecule has 0 saturated carbocycles. The highest BCUT2D eigenvalue weighted by molar-refractivity contribution is 8.04. The summed E-state index contributed by atoms with van der Waals surface area (Å²) in [4.78, 5) is 0.339. The van der Waals surface area contributed by atoms with Gasteiger partial charge in [0.1, 0.15) is 11.2 Å². The molecule has 0 saturated heterocycles. The molecular weight excluding hydrogens is 456 g/mol. The fraction of sp³-hybridized carbons (Fsp3) is 0.118. The van der Waals surface area contributed by atoms with E-state index in [0.29, 0.717) is 16.1 Å². The Kier molecular flexibility index (Phi) is 4.96. The van der Waals surface area contributed by atoms with Gasteiger partial charge in [0.2, 0.25) is 5.52 Å². The highest BCUT2D eigenvalue weighted by Crippen LogP contribution is 2.43. The van der Waals surface area contributed by atoms with Gasteiger partial charge < -0.3 is 5.32 Å². The van der Waals surface area contributed by atoms with Gasteiger partial charge in [0.25, 0.3) is 25.2 Å². The van der Waals surface area contributed by atoms with E-state index in [1.54, 1.807) is 12.1 Å². The quantitative estimate of drug-likeness (QED) is 0.391. The zero-order chi connectivity index (χ0) is 21.0. The SMILES string of the molecule is CC[n+]1c(/C=C2\Nc3ccc(S(=O)(=O)O)cc3S2)sc2cc(S(=O)(=O)O)ccc21. The van der Waals surface area contributed by atoms with Crippen molar-refractivity contribution in [3.8, 4) is 0 Å². The van der Waals surface area contributed by atoms with Gasteiger partial charge in [0.15, 0.2) is 0 Å². The monoisotopic (exact) mass is 471 g/mol. The summed E-state index contributed by atoms with van der Waals surface area (Å²) in [6, 6.07) is 8.77. The molecule has 0 spiro atoms. The zero-order valence-electron chi connectivity index (χ0n) is 14.9. The van der Waals surface area contributed by atoms with Crippen LogP contribution in [0.3, 0.4) is 0 Å². The van der Waals surface area contributed by atoms with Crippen LogP contribution < -0.4 is 9.88 Å². The zero-order valence-corrected chi connectivity index (χ0v) is 18.1. The lowest BCUT2D eigenvalue weighted by Gasteiger charge is -2.00. The summed E-state index contributed by atoms with van der Waals surface area (Å²) in [6.45, 7) is 2.61. The summed E-state index contributed by atoms with van der Waals surface area (Å²) in [5.41, 5.74) is 1.57. The summed E-state index contributed by atoms with van der Waals surface area (Å²) in [7, 11) is -8.56. The van der Waals surface area contributed by atoms with Gasteiger partial charge in [0, 0.05) is 11.0 Å². The number of rotatable bonds is 4. The molecule has 0 unspecified atom stereocenters. The topological polar surface area (TPSA) is 125 Å². The van der Waals surface area contributed by atoms with E-state index < -0.39 is 20.2 Å². The largest absolute Gasteiger partial charge is 0.349 e. The third-order valence-electron chi connectivity index (χ3n) is 4.30. The molecule has 2 heterocycles. The maximum atomic E-state index is 11.4. The number of nitrogens with zero attached hydrogens (tertiary/aromatic N) is 1. The van der Waals surface area contributed by atoms with Crippen molar-refractivity contribution in [3.63, 3.8) is 0 Å². The van der Waals surface area contributed by atoms with E-state index in [-0.39, 0.29) is 9.79 Å². The first-order valence-corrected chi connectivity index (χ1v) is 12.8. The highest BCUT2D eigenvalue weighted by atomic mass is 32.2. The predicted molar refractivity (Wildman–Crippen MR) is 111 cm³/mol. The molecule has 0 amide bonds. The van der Waals surface area contributed by atoms with E-state index in [4.69, 9.17) is 0 Å². The van der Waals surface area contributed by atoms with Crippen molar-refractivity contribution in [1.82, 2.24) is 0 Å². The van der Waals surface area contributed by atoms with Gasteiger partial charge in [-0.05, 0) is 37.3 Å². The Morgan fingerprint density at radius 2 is 1.69 bits per heavy atom. The van der Waals surface area contributed by atoms with Crippen LogP contribution in [0.1, 0.15) is 11.9 Å². The number of hydrogen-bond acceptors (Lipinski definition) is 7. The van der Waals surface area contributed by atoms with E-state index in [1.165, 1.54) is 47.4 Å². The summed E-state index contributed by atoms with van der Waals surface area (Å²) in [5.74, 6) is 0. The molecule has 1 aliphatic heterocycles. The van der Waals surface area contributed by atoms with Crippen LogP contribution in [-0.2, 0) is 26.8 Å². The van der Waals surface area contributed by atoms with Crippen molar-refractivity contribution in [2.75, 3.05) is 5.32 Å². The second-order valence-corrected chi connectivity index (χ2v) is 11.1. The molecule has 12 heteroatoms. The molecule has 0 atom stereocenters. The Morgan fingerprint density at radius 1 is 1.03 bits per heavy atom. The number of fused-ring (bicyclic) bond motifs is 2. The fourth-order valence-electron chi connectivity index (χ4n) is 2.98. The van der Waals surface area contributed by atoms with E-state index in [0.717, 1.165) is 21.2 Å². The van der Waals surface area contributed by atoms with Crippen LogP contribution in [-0.4, -0.2) is 25.9 Å². The lowest BCUT2D eigenvalue weighted by molar-refractivity contribution is -0.665.